The van der Waals surface area contributed by atoms with Crippen LogP contribution in [0.25, 0.3) is 0 Å². The molecule has 3 rings (SSSR count). The molecule has 44 valence electrons. The number of hydrogen-bond acceptors (Lipinski definition) is 1. The molecular formula is C7H11N. The van der Waals surface area contributed by atoms with Crippen molar-refractivity contribution in [1.29, 1.82) is 0 Å². The standard InChI is InChI=1S/C7H11N/c1-2-6-5-3-7(6)8-4-5/h2,5,7-8H,3-4H2,1H3/b6-2+. The summed E-state index contributed by atoms with van der Waals surface area (Å²) in [6, 6.07) is 0.782. The van der Waals surface area contributed by atoms with Gasteiger partial charge >= 0.3 is 0 Å². The lowest BCUT2D eigenvalue weighted by molar-refractivity contribution is 0.513. The van der Waals surface area contributed by atoms with Crippen LogP contribution in [0.15, 0.2) is 11.6 Å². The molecule has 3 fully saturated rings. The van der Waals surface area contributed by atoms with Gasteiger partial charge in [0.25, 0.3) is 0 Å². The first kappa shape index (κ1) is 4.57. The molecule has 0 amide bonds. The largest absolute Gasteiger partial charge is 0.310 e. The van der Waals surface area contributed by atoms with E-state index in [1.54, 1.807) is 5.57 Å². The van der Waals surface area contributed by atoms with Crippen LogP contribution in [0.1, 0.15) is 13.3 Å². The predicted octanol–water partition coefficient (Wildman–Crippen LogP) is 0.924. The second-order valence-corrected chi connectivity index (χ2v) is 2.68. The maximum atomic E-state index is 3.43. The highest BCUT2D eigenvalue weighted by Gasteiger charge is 2.40. The minimum atomic E-state index is 0.782. The van der Waals surface area contributed by atoms with Crippen LogP contribution in [-0.4, -0.2) is 12.6 Å². The minimum Gasteiger partial charge on any atom is -0.310 e. The van der Waals surface area contributed by atoms with Gasteiger partial charge in [-0.05, 0) is 19.3 Å². The third-order valence-electron chi connectivity index (χ3n) is 2.34. The van der Waals surface area contributed by atoms with Gasteiger partial charge in [0.1, 0.15) is 0 Å². The van der Waals surface area contributed by atoms with Gasteiger partial charge in [-0.25, -0.2) is 0 Å². The highest BCUT2D eigenvalue weighted by Crippen LogP contribution is 2.38. The molecule has 1 heteroatoms. The highest BCUT2D eigenvalue weighted by molar-refractivity contribution is 5.28. The molecule has 2 atom stereocenters. The van der Waals surface area contributed by atoms with Crippen LogP contribution in [0.3, 0.4) is 0 Å². The molecule has 2 aliphatic heterocycles. The Morgan fingerprint density at radius 1 is 1.75 bits per heavy atom. The van der Waals surface area contributed by atoms with Crippen molar-refractivity contribution in [3.63, 3.8) is 0 Å². The second kappa shape index (κ2) is 1.35. The maximum Gasteiger partial charge on any atom is 0.0288 e. The molecule has 0 aromatic rings. The van der Waals surface area contributed by atoms with Crippen molar-refractivity contribution in [3.05, 3.63) is 11.6 Å². The van der Waals surface area contributed by atoms with E-state index in [0.717, 1.165) is 12.0 Å². The van der Waals surface area contributed by atoms with Gasteiger partial charge in [-0.1, -0.05) is 11.6 Å². The van der Waals surface area contributed by atoms with E-state index in [9.17, 15) is 0 Å². The van der Waals surface area contributed by atoms with E-state index in [1.807, 2.05) is 0 Å². The molecule has 0 radical (unpaired) electrons. The predicted molar refractivity (Wildman–Crippen MR) is 33.7 cm³/mol. The molecular weight excluding hydrogens is 98.1 g/mol. The van der Waals surface area contributed by atoms with Crippen molar-refractivity contribution in [2.24, 2.45) is 5.92 Å². The van der Waals surface area contributed by atoms with E-state index in [4.69, 9.17) is 0 Å². The van der Waals surface area contributed by atoms with Gasteiger partial charge in [0.2, 0.25) is 0 Å². The third-order valence-corrected chi connectivity index (χ3v) is 2.34. The zero-order chi connectivity index (χ0) is 5.56. The number of hydrogen-bond donors (Lipinski definition) is 1. The van der Waals surface area contributed by atoms with Crippen molar-refractivity contribution < 1.29 is 0 Å². The molecule has 8 heavy (non-hydrogen) atoms. The number of allylic oxidation sites excluding steroid dienone is 1. The molecule has 0 aromatic carbocycles. The molecule has 1 nitrogen and oxygen atoms in total. The van der Waals surface area contributed by atoms with E-state index in [-0.39, 0.29) is 0 Å². The van der Waals surface area contributed by atoms with Crippen molar-refractivity contribution in [1.82, 2.24) is 5.32 Å². The van der Waals surface area contributed by atoms with Crippen molar-refractivity contribution in [2.75, 3.05) is 6.54 Å². The fraction of sp³-hybridized carbons (Fsp3) is 0.714. The molecule has 2 bridgehead atoms. The van der Waals surface area contributed by atoms with Gasteiger partial charge < -0.3 is 5.32 Å². The fourth-order valence-corrected chi connectivity index (χ4v) is 1.80. The molecule has 2 saturated heterocycles. The lowest BCUT2D eigenvalue weighted by Crippen LogP contribution is -2.27. The van der Waals surface area contributed by atoms with E-state index < -0.39 is 0 Å². The molecule has 2 unspecified atom stereocenters. The van der Waals surface area contributed by atoms with Crippen LogP contribution in [0.5, 0.6) is 0 Å². The van der Waals surface area contributed by atoms with Crippen molar-refractivity contribution in [2.45, 2.75) is 19.4 Å². The summed E-state index contributed by atoms with van der Waals surface area (Å²) in [6.07, 6.45) is 3.67. The Kier molecular flexibility index (Phi) is 0.770. The number of fused-ring (bicyclic) bond motifs is 1. The quantitative estimate of drug-likeness (QED) is 0.456. The summed E-state index contributed by atoms with van der Waals surface area (Å²) >= 11 is 0. The zero-order valence-corrected chi connectivity index (χ0v) is 5.15. The Morgan fingerprint density at radius 2 is 2.62 bits per heavy atom. The topological polar surface area (TPSA) is 12.0 Å². The van der Waals surface area contributed by atoms with Crippen LogP contribution in [0.2, 0.25) is 0 Å². The van der Waals surface area contributed by atoms with E-state index in [1.165, 1.54) is 13.0 Å². The van der Waals surface area contributed by atoms with E-state index in [2.05, 4.69) is 18.3 Å². The summed E-state index contributed by atoms with van der Waals surface area (Å²) in [7, 11) is 0. The average molecular weight is 109 g/mol. The van der Waals surface area contributed by atoms with Crippen LogP contribution in [0, 0.1) is 5.92 Å². The Balaban J connectivity index is 2.23. The summed E-state index contributed by atoms with van der Waals surface area (Å²) in [5, 5.41) is 3.43. The molecule has 1 saturated carbocycles. The lowest BCUT2D eigenvalue weighted by Gasteiger charge is -2.25. The first-order valence-electron chi connectivity index (χ1n) is 3.31. The van der Waals surface area contributed by atoms with Crippen molar-refractivity contribution in [3.8, 4) is 0 Å². The molecule has 3 aliphatic rings. The fourth-order valence-electron chi connectivity index (χ4n) is 1.80. The molecule has 0 aromatic heterocycles. The Bertz CT molecular complexity index is 121. The van der Waals surface area contributed by atoms with Gasteiger partial charge in [0, 0.05) is 12.6 Å². The SMILES string of the molecule is C/C=C1\C2CNC1C2. The normalized spacial score (nSPS) is 47.4. The molecule has 2 heterocycles. The smallest absolute Gasteiger partial charge is 0.0288 e. The Hall–Kier alpha value is -0.300. The third kappa shape index (κ3) is 0.360. The minimum absolute atomic E-state index is 0.782. The van der Waals surface area contributed by atoms with Gasteiger partial charge in [-0.15, -0.1) is 0 Å². The monoisotopic (exact) mass is 109 g/mol. The van der Waals surface area contributed by atoms with Gasteiger partial charge in [0.15, 0.2) is 0 Å². The summed E-state index contributed by atoms with van der Waals surface area (Å²) in [5.74, 6) is 0.921. The summed E-state index contributed by atoms with van der Waals surface area (Å²) in [5.41, 5.74) is 1.66. The summed E-state index contributed by atoms with van der Waals surface area (Å²) < 4.78 is 0. The van der Waals surface area contributed by atoms with Crippen molar-refractivity contribution >= 4 is 0 Å². The Morgan fingerprint density at radius 3 is 2.88 bits per heavy atom. The highest BCUT2D eigenvalue weighted by atomic mass is 15.0. The molecule has 1 N–H and O–H groups in total. The average Bonchev–Trinajstić information content (AvgIpc) is 2.19. The lowest BCUT2D eigenvalue weighted by atomic mass is 9.80. The number of rotatable bonds is 0. The van der Waals surface area contributed by atoms with Gasteiger partial charge in [-0.3, -0.25) is 0 Å². The summed E-state index contributed by atoms with van der Waals surface area (Å²) in [4.78, 5) is 0. The summed E-state index contributed by atoms with van der Waals surface area (Å²) in [6.45, 7) is 3.38. The second-order valence-electron chi connectivity index (χ2n) is 2.68. The first-order valence-corrected chi connectivity index (χ1v) is 3.31. The van der Waals surface area contributed by atoms with E-state index >= 15 is 0 Å². The molecule has 0 spiro atoms. The van der Waals surface area contributed by atoms with Gasteiger partial charge in [0.05, 0.1) is 0 Å². The maximum absolute atomic E-state index is 3.43. The van der Waals surface area contributed by atoms with Crippen LogP contribution >= 0.6 is 0 Å². The van der Waals surface area contributed by atoms with E-state index in [0.29, 0.717) is 0 Å². The van der Waals surface area contributed by atoms with Crippen LogP contribution in [0.4, 0.5) is 0 Å². The van der Waals surface area contributed by atoms with Gasteiger partial charge in [-0.2, -0.15) is 0 Å². The number of nitrogens with one attached hydrogen (secondary N) is 1. The molecule has 1 aliphatic carbocycles. The van der Waals surface area contributed by atoms with Crippen LogP contribution < -0.4 is 5.32 Å². The zero-order valence-electron chi connectivity index (χ0n) is 5.15. The van der Waals surface area contributed by atoms with Crippen LogP contribution in [-0.2, 0) is 0 Å². The Labute approximate surface area is 49.8 Å². The first-order chi connectivity index (χ1) is 3.92.